The van der Waals surface area contributed by atoms with Gasteiger partial charge in [-0.3, -0.25) is 14.9 Å². The lowest BCUT2D eigenvalue weighted by atomic mass is 10.2. The second-order valence-electron chi connectivity index (χ2n) is 3.93. The fourth-order valence-corrected chi connectivity index (χ4v) is 3.08. The molecule has 0 aliphatic heterocycles. The maximum absolute atomic E-state index is 12.0. The number of nitrogens with one attached hydrogen (secondary N) is 1. The molecule has 0 saturated heterocycles. The summed E-state index contributed by atoms with van der Waals surface area (Å²) in [4.78, 5) is 23.2. The fourth-order valence-electron chi connectivity index (χ4n) is 1.41. The highest BCUT2D eigenvalue weighted by molar-refractivity contribution is 8.01. The highest BCUT2D eigenvalue weighted by Crippen LogP contribution is 2.25. The van der Waals surface area contributed by atoms with Crippen molar-refractivity contribution in [2.45, 2.75) is 11.3 Å². The zero-order valence-corrected chi connectivity index (χ0v) is 13.9. The van der Waals surface area contributed by atoms with Crippen LogP contribution in [0, 0.1) is 0 Å². The Morgan fingerprint density at radius 1 is 1.32 bits per heavy atom. The van der Waals surface area contributed by atoms with E-state index in [1.54, 1.807) is 31.2 Å². The van der Waals surface area contributed by atoms with Crippen molar-refractivity contribution >= 4 is 51.7 Å². The van der Waals surface area contributed by atoms with Gasteiger partial charge in [0.25, 0.3) is 5.91 Å². The van der Waals surface area contributed by atoms with Gasteiger partial charge >= 0.3 is 5.97 Å². The second-order valence-corrected chi connectivity index (χ2v) is 6.56. The number of aromatic nitrogens is 2. The summed E-state index contributed by atoms with van der Waals surface area (Å²) in [6.07, 6.45) is 0. The molecule has 0 aliphatic rings. The van der Waals surface area contributed by atoms with Gasteiger partial charge in [0, 0.05) is 10.6 Å². The molecule has 0 atom stereocenters. The molecule has 1 N–H and O–H groups in total. The number of halogens is 1. The number of esters is 1. The van der Waals surface area contributed by atoms with Crippen molar-refractivity contribution < 1.29 is 14.3 Å². The van der Waals surface area contributed by atoms with Crippen LogP contribution in [0.15, 0.2) is 28.6 Å². The van der Waals surface area contributed by atoms with Crippen LogP contribution in [0.5, 0.6) is 0 Å². The van der Waals surface area contributed by atoms with Gasteiger partial charge in [-0.05, 0) is 31.2 Å². The van der Waals surface area contributed by atoms with Crippen molar-refractivity contribution in [1.29, 1.82) is 0 Å². The first-order valence-electron chi connectivity index (χ1n) is 6.27. The number of anilines is 1. The van der Waals surface area contributed by atoms with Crippen molar-refractivity contribution in [3.63, 3.8) is 0 Å². The van der Waals surface area contributed by atoms with E-state index >= 15 is 0 Å². The first kappa shape index (κ1) is 16.7. The van der Waals surface area contributed by atoms with Crippen molar-refractivity contribution in [3.8, 4) is 0 Å². The van der Waals surface area contributed by atoms with Crippen LogP contribution in [0.4, 0.5) is 5.13 Å². The topological polar surface area (TPSA) is 81.2 Å². The third kappa shape index (κ3) is 4.97. The summed E-state index contributed by atoms with van der Waals surface area (Å²) in [6, 6.07) is 6.51. The number of hydrogen-bond donors (Lipinski definition) is 1. The van der Waals surface area contributed by atoms with E-state index in [9.17, 15) is 9.59 Å². The molecule has 2 aromatic rings. The molecule has 0 spiro atoms. The lowest BCUT2D eigenvalue weighted by molar-refractivity contribution is -0.139. The van der Waals surface area contributed by atoms with Crippen LogP contribution in [0.2, 0.25) is 5.02 Å². The molecular formula is C13H12ClN3O3S2. The van der Waals surface area contributed by atoms with Gasteiger partial charge in [-0.1, -0.05) is 34.7 Å². The number of hydrogen-bond acceptors (Lipinski definition) is 7. The SMILES string of the molecule is CCOC(=O)CSc1nnc(NC(=O)c2ccc(Cl)cc2)s1. The van der Waals surface area contributed by atoms with Crippen molar-refractivity contribution in [2.24, 2.45) is 0 Å². The van der Waals surface area contributed by atoms with Crippen molar-refractivity contribution in [1.82, 2.24) is 10.2 Å². The predicted octanol–water partition coefficient (Wildman–Crippen LogP) is 3.10. The molecule has 116 valence electrons. The third-order valence-electron chi connectivity index (χ3n) is 2.35. The third-order valence-corrected chi connectivity index (χ3v) is 4.55. The fraction of sp³-hybridized carbons (Fsp3) is 0.231. The molecule has 1 amide bonds. The Morgan fingerprint density at radius 3 is 2.73 bits per heavy atom. The van der Waals surface area contributed by atoms with Crippen molar-refractivity contribution in [2.75, 3.05) is 17.7 Å². The van der Waals surface area contributed by atoms with E-state index in [4.69, 9.17) is 16.3 Å². The summed E-state index contributed by atoms with van der Waals surface area (Å²) >= 11 is 8.18. The van der Waals surface area contributed by atoms with Gasteiger partial charge in [0.05, 0.1) is 12.4 Å². The summed E-state index contributed by atoms with van der Waals surface area (Å²) in [6.45, 7) is 2.09. The molecule has 0 fully saturated rings. The van der Waals surface area contributed by atoms with Gasteiger partial charge in [-0.15, -0.1) is 10.2 Å². The number of amides is 1. The Morgan fingerprint density at radius 2 is 2.05 bits per heavy atom. The largest absolute Gasteiger partial charge is 0.465 e. The number of thioether (sulfide) groups is 1. The maximum atomic E-state index is 12.0. The Hall–Kier alpha value is -1.64. The zero-order chi connectivity index (χ0) is 15.9. The monoisotopic (exact) mass is 357 g/mol. The van der Waals surface area contributed by atoms with E-state index in [1.165, 1.54) is 23.1 Å². The van der Waals surface area contributed by atoms with E-state index in [2.05, 4.69) is 15.5 Å². The van der Waals surface area contributed by atoms with Crippen LogP contribution < -0.4 is 5.32 Å². The Labute approximate surface area is 140 Å². The molecule has 22 heavy (non-hydrogen) atoms. The average Bonchev–Trinajstić information content (AvgIpc) is 2.93. The number of carbonyl (C=O) groups is 2. The van der Waals surface area contributed by atoms with E-state index in [1.807, 2.05) is 0 Å². The number of benzene rings is 1. The summed E-state index contributed by atoms with van der Waals surface area (Å²) in [5.74, 6) is -0.447. The van der Waals surface area contributed by atoms with Gasteiger partial charge in [0.1, 0.15) is 0 Å². The second kappa shape index (κ2) is 8.11. The normalized spacial score (nSPS) is 10.3. The molecule has 0 radical (unpaired) electrons. The van der Waals surface area contributed by atoms with Gasteiger partial charge in [-0.25, -0.2) is 0 Å². The van der Waals surface area contributed by atoms with Gasteiger partial charge in [0.2, 0.25) is 5.13 Å². The Kier molecular flexibility index (Phi) is 6.17. The number of nitrogens with zero attached hydrogens (tertiary/aromatic N) is 2. The average molecular weight is 358 g/mol. The minimum Gasteiger partial charge on any atom is -0.465 e. The van der Waals surface area contributed by atoms with Crippen LogP contribution in [0.25, 0.3) is 0 Å². The van der Waals surface area contributed by atoms with E-state index in [0.29, 0.717) is 26.7 Å². The lowest BCUT2D eigenvalue weighted by Gasteiger charge is -2.00. The minimum absolute atomic E-state index is 0.160. The molecule has 1 aromatic heterocycles. The zero-order valence-electron chi connectivity index (χ0n) is 11.5. The van der Waals surface area contributed by atoms with Gasteiger partial charge in [0.15, 0.2) is 4.34 Å². The molecule has 0 saturated carbocycles. The lowest BCUT2D eigenvalue weighted by Crippen LogP contribution is -2.11. The summed E-state index contributed by atoms with van der Waals surface area (Å²) < 4.78 is 5.40. The van der Waals surface area contributed by atoms with E-state index in [-0.39, 0.29) is 17.6 Å². The summed E-state index contributed by atoms with van der Waals surface area (Å²) in [7, 11) is 0. The molecule has 1 aromatic carbocycles. The van der Waals surface area contributed by atoms with Gasteiger partial charge < -0.3 is 4.74 Å². The highest BCUT2D eigenvalue weighted by Gasteiger charge is 2.12. The molecule has 0 aliphatic carbocycles. The quantitative estimate of drug-likeness (QED) is 0.486. The van der Waals surface area contributed by atoms with Crippen LogP contribution >= 0.6 is 34.7 Å². The molecule has 0 bridgehead atoms. The molecule has 1 heterocycles. The predicted molar refractivity (Wildman–Crippen MR) is 86.7 cm³/mol. The summed E-state index contributed by atoms with van der Waals surface area (Å²) in [5, 5.41) is 11.3. The van der Waals surface area contributed by atoms with Gasteiger partial charge in [-0.2, -0.15) is 0 Å². The minimum atomic E-state index is -0.311. The smallest absolute Gasteiger partial charge is 0.316 e. The van der Waals surface area contributed by atoms with E-state index < -0.39 is 0 Å². The number of carbonyl (C=O) groups excluding carboxylic acids is 2. The Balaban J connectivity index is 1.90. The number of ether oxygens (including phenoxy) is 1. The Bertz CT molecular complexity index is 661. The first-order chi connectivity index (χ1) is 10.6. The molecule has 0 unspecified atom stereocenters. The molecule has 2 rings (SSSR count). The van der Waals surface area contributed by atoms with Crippen LogP contribution in [0.3, 0.4) is 0 Å². The summed E-state index contributed by atoms with van der Waals surface area (Å²) in [5.41, 5.74) is 0.473. The first-order valence-corrected chi connectivity index (χ1v) is 8.45. The maximum Gasteiger partial charge on any atom is 0.316 e. The van der Waals surface area contributed by atoms with Crippen LogP contribution in [-0.2, 0) is 9.53 Å². The molecular weight excluding hydrogens is 346 g/mol. The van der Waals surface area contributed by atoms with E-state index in [0.717, 1.165) is 0 Å². The standard InChI is InChI=1S/C13H12ClN3O3S2/c1-2-20-10(18)7-21-13-17-16-12(22-13)15-11(19)8-3-5-9(14)6-4-8/h3-6H,2,7H2,1H3,(H,15,16,19). The molecule has 6 nitrogen and oxygen atoms in total. The number of rotatable bonds is 6. The van der Waals surface area contributed by atoms with Crippen LogP contribution in [-0.4, -0.2) is 34.4 Å². The molecule has 9 heteroatoms. The van der Waals surface area contributed by atoms with Crippen molar-refractivity contribution in [3.05, 3.63) is 34.9 Å². The van der Waals surface area contributed by atoms with Crippen LogP contribution in [0.1, 0.15) is 17.3 Å². The highest BCUT2D eigenvalue weighted by atomic mass is 35.5.